The number of ether oxygens (including phenoxy) is 3. The topological polar surface area (TPSA) is 119 Å². The summed E-state index contributed by atoms with van der Waals surface area (Å²) in [6.45, 7) is 0.786. The molecule has 0 aliphatic rings. The molecular formula is C27H20N4O6. The zero-order valence-corrected chi connectivity index (χ0v) is 19.4. The van der Waals surface area contributed by atoms with Crippen LogP contribution in [0.3, 0.4) is 0 Å². The molecule has 0 spiro atoms. The lowest BCUT2D eigenvalue weighted by molar-refractivity contribution is -0.384. The van der Waals surface area contributed by atoms with E-state index in [4.69, 9.17) is 14.2 Å². The van der Waals surface area contributed by atoms with Crippen molar-refractivity contribution in [2.45, 2.75) is 13.2 Å². The van der Waals surface area contributed by atoms with E-state index in [9.17, 15) is 14.9 Å². The Balaban J connectivity index is 1.23. The lowest BCUT2D eigenvalue weighted by Gasteiger charge is -2.08. The van der Waals surface area contributed by atoms with Crippen LogP contribution in [0.25, 0.3) is 10.9 Å². The standard InChI is InChI=1S/C27H20N4O6/c32-27(37-23-8-6-22(7-9-23)31(33)34)30-13-12-20-14-24(10-11-25(20)30)36-26-15-21(28-18-29-26)17-35-16-19-4-2-1-3-5-19/h1-15,18H,16-17H2. The van der Waals surface area contributed by atoms with Crippen molar-refractivity contribution >= 4 is 22.7 Å². The molecule has 184 valence electrons. The first-order valence-corrected chi connectivity index (χ1v) is 11.2. The maximum atomic E-state index is 12.6. The van der Waals surface area contributed by atoms with Crippen molar-refractivity contribution < 1.29 is 23.9 Å². The van der Waals surface area contributed by atoms with Crippen LogP contribution in [0.5, 0.6) is 17.4 Å². The molecule has 10 nitrogen and oxygen atoms in total. The summed E-state index contributed by atoms with van der Waals surface area (Å²) in [6.07, 6.45) is 2.35. The fraction of sp³-hybridized carbons (Fsp3) is 0.0741. The molecule has 0 saturated heterocycles. The third-order valence-corrected chi connectivity index (χ3v) is 5.39. The number of carbonyl (C=O) groups is 1. The zero-order valence-electron chi connectivity index (χ0n) is 19.4. The molecule has 2 aromatic heterocycles. The van der Waals surface area contributed by atoms with Gasteiger partial charge in [0.05, 0.1) is 29.3 Å². The first kappa shape index (κ1) is 23.6. The van der Waals surface area contributed by atoms with Crippen LogP contribution in [-0.4, -0.2) is 25.6 Å². The third-order valence-electron chi connectivity index (χ3n) is 5.39. The van der Waals surface area contributed by atoms with Gasteiger partial charge in [0.15, 0.2) is 0 Å². The van der Waals surface area contributed by atoms with Crippen LogP contribution in [0.1, 0.15) is 11.3 Å². The van der Waals surface area contributed by atoms with E-state index in [1.54, 1.807) is 36.5 Å². The van der Waals surface area contributed by atoms with E-state index < -0.39 is 11.0 Å². The van der Waals surface area contributed by atoms with Crippen LogP contribution in [-0.2, 0) is 18.0 Å². The highest BCUT2D eigenvalue weighted by Gasteiger charge is 2.14. The maximum absolute atomic E-state index is 12.6. The normalized spacial score (nSPS) is 10.8. The van der Waals surface area contributed by atoms with Gasteiger partial charge >= 0.3 is 6.09 Å². The number of benzene rings is 3. The van der Waals surface area contributed by atoms with Crippen molar-refractivity contribution in [1.29, 1.82) is 0 Å². The number of rotatable bonds is 8. The van der Waals surface area contributed by atoms with Crippen LogP contribution < -0.4 is 9.47 Å². The molecule has 0 aliphatic carbocycles. The summed E-state index contributed by atoms with van der Waals surface area (Å²) >= 11 is 0. The van der Waals surface area contributed by atoms with E-state index in [1.165, 1.54) is 35.2 Å². The highest BCUT2D eigenvalue weighted by molar-refractivity contribution is 5.91. The summed E-state index contributed by atoms with van der Waals surface area (Å²) < 4.78 is 18.3. The summed E-state index contributed by atoms with van der Waals surface area (Å²) in [7, 11) is 0. The van der Waals surface area contributed by atoms with Gasteiger partial charge in [0.1, 0.15) is 17.8 Å². The lowest BCUT2D eigenvalue weighted by atomic mass is 10.2. The molecule has 0 unspecified atom stereocenters. The average Bonchev–Trinajstić information content (AvgIpc) is 3.33. The summed E-state index contributed by atoms with van der Waals surface area (Å²) in [4.78, 5) is 31.3. The predicted molar refractivity (Wildman–Crippen MR) is 133 cm³/mol. The van der Waals surface area contributed by atoms with Crippen LogP contribution in [0.2, 0.25) is 0 Å². The smallest absolute Gasteiger partial charge is 0.423 e. The maximum Gasteiger partial charge on any atom is 0.423 e. The molecule has 0 amide bonds. The van der Waals surface area contributed by atoms with Crippen molar-refractivity contribution in [3.05, 3.63) is 119 Å². The first-order chi connectivity index (χ1) is 18.0. The van der Waals surface area contributed by atoms with Gasteiger partial charge in [-0.05, 0) is 42.0 Å². The fourth-order valence-corrected chi connectivity index (χ4v) is 3.61. The second kappa shape index (κ2) is 10.7. The van der Waals surface area contributed by atoms with E-state index in [0.29, 0.717) is 36.1 Å². The van der Waals surface area contributed by atoms with Gasteiger partial charge in [0.2, 0.25) is 5.88 Å². The summed E-state index contributed by atoms with van der Waals surface area (Å²) in [6, 6.07) is 23.8. The molecule has 0 radical (unpaired) electrons. The van der Waals surface area contributed by atoms with Crippen LogP contribution >= 0.6 is 0 Å². The van der Waals surface area contributed by atoms with Gasteiger partial charge in [-0.2, -0.15) is 0 Å². The number of non-ortho nitro benzene ring substituents is 1. The first-order valence-electron chi connectivity index (χ1n) is 11.2. The number of fused-ring (bicyclic) bond motifs is 1. The molecule has 2 heterocycles. The minimum Gasteiger partial charge on any atom is -0.439 e. The number of nitro groups is 1. The molecule has 10 heteroatoms. The fourth-order valence-electron chi connectivity index (χ4n) is 3.61. The minimum absolute atomic E-state index is 0.0886. The molecule has 0 aliphatic heterocycles. The second-order valence-electron chi connectivity index (χ2n) is 7.95. The molecule has 0 N–H and O–H groups in total. The van der Waals surface area contributed by atoms with Gasteiger partial charge in [-0.15, -0.1) is 0 Å². The highest BCUT2D eigenvalue weighted by atomic mass is 16.6. The van der Waals surface area contributed by atoms with Crippen molar-refractivity contribution in [3.8, 4) is 17.4 Å². The van der Waals surface area contributed by atoms with Gasteiger partial charge in [-0.3, -0.25) is 14.7 Å². The number of carbonyl (C=O) groups excluding carboxylic acids is 1. The second-order valence-corrected chi connectivity index (χ2v) is 7.95. The van der Waals surface area contributed by atoms with Gasteiger partial charge in [0.25, 0.3) is 5.69 Å². The van der Waals surface area contributed by atoms with Crippen molar-refractivity contribution in [1.82, 2.24) is 14.5 Å². The molecule has 0 atom stereocenters. The molecule has 3 aromatic carbocycles. The number of nitro benzene ring substituents is 1. The van der Waals surface area contributed by atoms with Gasteiger partial charge < -0.3 is 14.2 Å². The van der Waals surface area contributed by atoms with Crippen LogP contribution in [0.4, 0.5) is 10.5 Å². The Labute approximate surface area is 210 Å². The monoisotopic (exact) mass is 496 g/mol. The Morgan fingerprint density at radius 2 is 1.68 bits per heavy atom. The molecule has 5 rings (SSSR count). The van der Waals surface area contributed by atoms with E-state index >= 15 is 0 Å². The largest absolute Gasteiger partial charge is 0.439 e. The Morgan fingerprint density at radius 1 is 0.892 bits per heavy atom. The minimum atomic E-state index is -0.645. The summed E-state index contributed by atoms with van der Waals surface area (Å²) in [5, 5.41) is 11.5. The summed E-state index contributed by atoms with van der Waals surface area (Å²) in [5.41, 5.74) is 2.28. The third kappa shape index (κ3) is 5.77. The number of hydrogen-bond donors (Lipinski definition) is 0. The molecule has 5 aromatic rings. The van der Waals surface area contributed by atoms with Crippen molar-refractivity contribution in [2.24, 2.45) is 0 Å². The number of aromatic nitrogens is 3. The van der Waals surface area contributed by atoms with Crippen molar-refractivity contribution in [2.75, 3.05) is 0 Å². The zero-order chi connectivity index (χ0) is 25.6. The lowest BCUT2D eigenvalue weighted by Crippen LogP contribution is -2.15. The average molecular weight is 496 g/mol. The van der Waals surface area contributed by atoms with Gasteiger partial charge in [-0.25, -0.2) is 14.8 Å². The molecular weight excluding hydrogens is 476 g/mol. The Kier molecular flexibility index (Phi) is 6.82. The number of nitrogens with zero attached hydrogens (tertiary/aromatic N) is 4. The number of hydrogen-bond acceptors (Lipinski definition) is 8. The molecule has 37 heavy (non-hydrogen) atoms. The Hall–Kier alpha value is -5.09. The Morgan fingerprint density at radius 3 is 2.46 bits per heavy atom. The van der Waals surface area contributed by atoms with Gasteiger partial charge in [-0.1, -0.05) is 30.3 Å². The quantitative estimate of drug-likeness (QED) is 0.193. The Bertz CT molecular complexity index is 1550. The summed E-state index contributed by atoms with van der Waals surface area (Å²) in [5.74, 6) is 1.10. The van der Waals surface area contributed by atoms with Crippen LogP contribution in [0, 0.1) is 10.1 Å². The molecule has 0 bridgehead atoms. The highest BCUT2D eigenvalue weighted by Crippen LogP contribution is 2.26. The molecule has 0 fully saturated rings. The van der Waals surface area contributed by atoms with E-state index in [0.717, 1.165) is 10.9 Å². The molecule has 0 saturated carbocycles. The SMILES string of the molecule is O=C(Oc1ccc([N+](=O)[O-])cc1)n1ccc2cc(Oc3cc(COCc4ccccc4)ncn3)ccc21. The predicted octanol–water partition coefficient (Wildman–Crippen LogP) is 5.90. The van der Waals surface area contributed by atoms with E-state index in [2.05, 4.69) is 9.97 Å². The van der Waals surface area contributed by atoms with Crippen LogP contribution in [0.15, 0.2) is 97.5 Å². The van der Waals surface area contributed by atoms with E-state index in [-0.39, 0.29) is 11.4 Å². The van der Waals surface area contributed by atoms with Crippen molar-refractivity contribution in [3.63, 3.8) is 0 Å². The van der Waals surface area contributed by atoms with Gasteiger partial charge in [0, 0.05) is 29.8 Å². The van der Waals surface area contributed by atoms with E-state index in [1.807, 2.05) is 30.3 Å².